The molecule has 0 saturated heterocycles. The number of hydrogen-bond acceptors (Lipinski definition) is 6. The summed E-state index contributed by atoms with van der Waals surface area (Å²) in [6, 6.07) is 7.64. The molecule has 0 amide bonds. The predicted octanol–water partition coefficient (Wildman–Crippen LogP) is 2.58. The quantitative estimate of drug-likeness (QED) is 0.775. The normalized spacial score (nSPS) is 12.0. The summed E-state index contributed by atoms with van der Waals surface area (Å²) < 4.78 is 10.4. The zero-order chi connectivity index (χ0) is 17.7. The summed E-state index contributed by atoms with van der Waals surface area (Å²) in [6.07, 6.45) is -0.153. The molecule has 0 saturated carbocycles. The van der Waals surface area contributed by atoms with Gasteiger partial charge in [-0.1, -0.05) is 23.7 Å². The molecule has 1 aromatic carbocycles. The van der Waals surface area contributed by atoms with E-state index in [0.29, 0.717) is 10.6 Å². The van der Waals surface area contributed by atoms with E-state index in [1.807, 2.05) is 0 Å². The molecule has 1 heterocycles. The number of aromatic hydroxyl groups is 1. The number of rotatable bonds is 6. The van der Waals surface area contributed by atoms with Crippen molar-refractivity contribution in [1.82, 2.24) is 0 Å². The monoisotopic (exact) mass is 352 g/mol. The number of carbonyl (C=O) groups excluding carboxylic acids is 1. The number of halogens is 1. The Morgan fingerprint density at radius 1 is 1.38 bits per heavy atom. The van der Waals surface area contributed by atoms with Crippen molar-refractivity contribution >= 4 is 17.6 Å². The van der Waals surface area contributed by atoms with Crippen LogP contribution in [0.15, 0.2) is 39.5 Å². The molecule has 128 valence electrons. The fraction of sp³-hybridized carbons (Fsp3) is 0.294. The molecule has 1 atom stereocenters. The number of carbonyl (C=O) groups is 1. The van der Waals surface area contributed by atoms with Crippen LogP contribution in [0.1, 0.15) is 36.3 Å². The highest BCUT2D eigenvalue weighted by Crippen LogP contribution is 2.34. The zero-order valence-electron chi connectivity index (χ0n) is 13.0. The molecule has 0 radical (unpaired) electrons. The first-order valence-electron chi connectivity index (χ1n) is 7.34. The second-order valence-electron chi connectivity index (χ2n) is 5.06. The summed E-state index contributed by atoms with van der Waals surface area (Å²) >= 11 is 5.99. The number of aliphatic hydroxyl groups excluding tert-OH is 1. The standard InChI is InChI=1S/C17H17ClO6/c1-2-23-15(21)8-13(10-4-3-5-11(18)6-10)17-16(22)14(20)7-12(9-19)24-17/h3-7,13,19,22H,2,8-9H2,1H3/t13-/m0/s1. The molecule has 24 heavy (non-hydrogen) atoms. The Balaban J connectivity index is 2.56. The van der Waals surface area contributed by atoms with E-state index >= 15 is 0 Å². The molecule has 2 aromatic rings. The minimum Gasteiger partial charge on any atom is -0.502 e. The highest BCUT2D eigenvalue weighted by Gasteiger charge is 2.26. The molecule has 2 rings (SSSR count). The molecular formula is C17H17ClO6. The van der Waals surface area contributed by atoms with E-state index in [1.165, 1.54) is 0 Å². The number of aliphatic hydroxyl groups is 1. The van der Waals surface area contributed by atoms with Crippen LogP contribution < -0.4 is 5.43 Å². The van der Waals surface area contributed by atoms with Crippen molar-refractivity contribution in [3.8, 4) is 5.75 Å². The van der Waals surface area contributed by atoms with Gasteiger partial charge in [0.05, 0.1) is 18.9 Å². The lowest BCUT2D eigenvalue weighted by Crippen LogP contribution is -2.15. The van der Waals surface area contributed by atoms with Crippen LogP contribution >= 0.6 is 11.6 Å². The molecule has 0 spiro atoms. The van der Waals surface area contributed by atoms with Crippen molar-refractivity contribution in [3.05, 3.63) is 62.7 Å². The number of benzene rings is 1. The van der Waals surface area contributed by atoms with Gasteiger partial charge in [0, 0.05) is 11.1 Å². The number of hydrogen-bond donors (Lipinski definition) is 2. The minimum atomic E-state index is -0.776. The van der Waals surface area contributed by atoms with E-state index < -0.39 is 29.7 Å². The molecule has 0 aliphatic carbocycles. The minimum absolute atomic E-state index is 0.0105. The van der Waals surface area contributed by atoms with Crippen LogP contribution in [0.4, 0.5) is 0 Å². The first-order chi connectivity index (χ1) is 11.5. The fourth-order valence-corrected chi connectivity index (χ4v) is 2.54. The van der Waals surface area contributed by atoms with Crippen LogP contribution in [0.2, 0.25) is 5.02 Å². The van der Waals surface area contributed by atoms with Gasteiger partial charge in [0.15, 0.2) is 5.76 Å². The highest BCUT2D eigenvalue weighted by molar-refractivity contribution is 6.30. The van der Waals surface area contributed by atoms with Crippen molar-refractivity contribution in [3.63, 3.8) is 0 Å². The third kappa shape index (κ3) is 4.15. The third-order valence-electron chi connectivity index (χ3n) is 3.40. The summed E-state index contributed by atoms with van der Waals surface area (Å²) in [4.78, 5) is 23.8. The van der Waals surface area contributed by atoms with Gasteiger partial charge >= 0.3 is 5.97 Å². The molecule has 2 N–H and O–H groups in total. The van der Waals surface area contributed by atoms with E-state index in [-0.39, 0.29) is 24.5 Å². The highest BCUT2D eigenvalue weighted by atomic mass is 35.5. The third-order valence-corrected chi connectivity index (χ3v) is 3.63. The van der Waals surface area contributed by atoms with Gasteiger partial charge in [-0.2, -0.15) is 0 Å². The molecule has 1 aromatic heterocycles. The van der Waals surface area contributed by atoms with Crippen LogP contribution in [0.5, 0.6) is 5.75 Å². The van der Waals surface area contributed by atoms with Crippen LogP contribution in [-0.4, -0.2) is 22.8 Å². The van der Waals surface area contributed by atoms with Crippen LogP contribution in [0.3, 0.4) is 0 Å². The smallest absolute Gasteiger partial charge is 0.306 e. The Kier molecular flexibility index (Phi) is 6.00. The Morgan fingerprint density at radius 3 is 2.75 bits per heavy atom. The topological polar surface area (TPSA) is 97.0 Å². The van der Waals surface area contributed by atoms with Crippen LogP contribution in [-0.2, 0) is 16.1 Å². The van der Waals surface area contributed by atoms with E-state index in [1.54, 1.807) is 31.2 Å². The average molecular weight is 353 g/mol. The Labute approximate surface area is 143 Å². The Morgan fingerprint density at radius 2 is 2.12 bits per heavy atom. The van der Waals surface area contributed by atoms with Crippen LogP contribution in [0, 0.1) is 0 Å². The Bertz CT molecular complexity index is 783. The largest absolute Gasteiger partial charge is 0.502 e. The average Bonchev–Trinajstić information content (AvgIpc) is 2.55. The van der Waals surface area contributed by atoms with Crippen molar-refractivity contribution in [2.24, 2.45) is 0 Å². The van der Waals surface area contributed by atoms with Gasteiger partial charge in [-0.3, -0.25) is 9.59 Å². The molecular weight excluding hydrogens is 336 g/mol. The maximum atomic E-state index is 11.9. The van der Waals surface area contributed by atoms with Crippen molar-refractivity contribution < 1.29 is 24.2 Å². The molecule has 0 fully saturated rings. The summed E-state index contributed by atoms with van der Waals surface area (Å²) in [5, 5.41) is 19.7. The van der Waals surface area contributed by atoms with Gasteiger partial charge in [0.25, 0.3) is 0 Å². The fourth-order valence-electron chi connectivity index (χ4n) is 2.34. The maximum Gasteiger partial charge on any atom is 0.306 e. The van der Waals surface area contributed by atoms with E-state index in [4.69, 9.17) is 20.8 Å². The summed E-state index contributed by atoms with van der Waals surface area (Å²) in [7, 11) is 0. The van der Waals surface area contributed by atoms with Gasteiger partial charge < -0.3 is 19.4 Å². The lowest BCUT2D eigenvalue weighted by molar-refractivity contribution is -0.143. The first kappa shape index (κ1) is 18.0. The van der Waals surface area contributed by atoms with E-state index in [2.05, 4.69) is 0 Å². The number of esters is 1. The van der Waals surface area contributed by atoms with E-state index in [0.717, 1.165) is 6.07 Å². The predicted molar refractivity (Wildman–Crippen MR) is 87.1 cm³/mol. The van der Waals surface area contributed by atoms with Gasteiger partial charge in [-0.15, -0.1) is 0 Å². The maximum absolute atomic E-state index is 11.9. The molecule has 0 unspecified atom stereocenters. The van der Waals surface area contributed by atoms with Crippen LogP contribution in [0.25, 0.3) is 0 Å². The lowest BCUT2D eigenvalue weighted by Gasteiger charge is -2.17. The second kappa shape index (κ2) is 7.99. The molecule has 7 heteroatoms. The Hall–Kier alpha value is -2.31. The summed E-state index contributed by atoms with van der Waals surface area (Å²) in [5.74, 6) is -2.02. The van der Waals surface area contributed by atoms with Gasteiger partial charge in [0.2, 0.25) is 11.2 Å². The summed E-state index contributed by atoms with van der Waals surface area (Å²) in [6.45, 7) is 1.37. The van der Waals surface area contributed by atoms with Gasteiger partial charge in [-0.05, 0) is 24.6 Å². The molecule has 6 nitrogen and oxygen atoms in total. The van der Waals surface area contributed by atoms with Crippen molar-refractivity contribution in [2.45, 2.75) is 25.9 Å². The van der Waals surface area contributed by atoms with Gasteiger partial charge in [-0.25, -0.2) is 0 Å². The SMILES string of the molecule is CCOC(=O)C[C@@H](c1cccc(Cl)c1)c1oc(CO)cc(=O)c1O. The van der Waals surface area contributed by atoms with Crippen molar-refractivity contribution in [1.29, 1.82) is 0 Å². The lowest BCUT2D eigenvalue weighted by atomic mass is 9.92. The molecule has 0 bridgehead atoms. The zero-order valence-corrected chi connectivity index (χ0v) is 13.7. The van der Waals surface area contributed by atoms with E-state index in [9.17, 15) is 19.8 Å². The van der Waals surface area contributed by atoms with Crippen molar-refractivity contribution in [2.75, 3.05) is 6.61 Å². The number of ether oxygens (including phenoxy) is 1. The second-order valence-corrected chi connectivity index (χ2v) is 5.50. The first-order valence-corrected chi connectivity index (χ1v) is 7.71. The molecule has 0 aliphatic rings. The van der Waals surface area contributed by atoms with Gasteiger partial charge in [0.1, 0.15) is 12.4 Å². The molecule has 0 aliphatic heterocycles. The summed E-state index contributed by atoms with van der Waals surface area (Å²) in [5.41, 5.74) is -0.125.